The molecule has 0 saturated heterocycles. The van der Waals surface area contributed by atoms with Crippen LogP contribution in [-0.4, -0.2) is 25.1 Å². The SMILES string of the molecule is CCNC(=NCCC(C)C)NC(C)CC.I. The van der Waals surface area contributed by atoms with E-state index in [9.17, 15) is 0 Å². The second-order valence-corrected chi connectivity index (χ2v) is 4.40. The molecule has 0 saturated carbocycles. The fraction of sp³-hybridized carbons (Fsp3) is 0.917. The highest BCUT2D eigenvalue weighted by Crippen LogP contribution is 1.98. The van der Waals surface area contributed by atoms with Crippen LogP contribution in [0.25, 0.3) is 0 Å². The fourth-order valence-electron chi connectivity index (χ4n) is 1.09. The van der Waals surface area contributed by atoms with E-state index in [0.717, 1.165) is 37.8 Å². The number of nitrogens with zero attached hydrogens (tertiary/aromatic N) is 1. The van der Waals surface area contributed by atoms with Crippen molar-refractivity contribution in [1.29, 1.82) is 0 Å². The van der Waals surface area contributed by atoms with E-state index in [1.54, 1.807) is 0 Å². The molecule has 2 N–H and O–H groups in total. The van der Waals surface area contributed by atoms with Gasteiger partial charge in [-0.15, -0.1) is 24.0 Å². The molecule has 0 amide bonds. The van der Waals surface area contributed by atoms with Gasteiger partial charge in [0.1, 0.15) is 0 Å². The maximum Gasteiger partial charge on any atom is 0.191 e. The molecule has 0 aromatic carbocycles. The standard InChI is InChI=1S/C12H27N3.HI/c1-6-11(5)15-12(13-7-2)14-9-8-10(3)4;/h10-11H,6-9H2,1-5H3,(H2,13,14,15);1H. The van der Waals surface area contributed by atoms with Gasteiger partial charge in [-0.3, -0.25) is 4.99 Å². The zero-order valence-electron chi connectivity index (χ0n) is 11.3. The predicted octanol–water partition coefficient (Wildman–Crippen LogP) is 3.00. The molecule has 0 spiro atoms. The third kappa shape index (κ3) is 10.5. The summed E-state index contributed by atoms with van der Waals surface area (Å²) in [5.74, 6) is 1.67. The Morgan fingerprint density at radius 1 is 1.19 bits per heavy atom. The predicted molar refractivity (Wildman–Crippen MR) is 83.7 cm³/mol. The molecule has 4 heteroatoms. The minimum Gasteiger partial charge on any atom is -0.357 e. The molecule has 1 unspecified atom stereocenters. The summed E-state index contributed by atoms with van der Waals surface area (Å²) in [6.07, 6.45) is 2.27. The lowest BCUT2D eigenvalue weighted by molar-refractivity contribution is 0.587. The zero-order chi connectivity index (χ0) is 11.7. The Morgan fingerprint density at radius 3 is 2.25 bits per heavy atom. The molecule has 0 aromatic heterocycles. The van der Waals surface area contributed by atoms with Crippen LogP contribution in [0.1, 0.15) is 47.5 Å². The first-order chi connectivity index (χ1) is 7.10. The van der Waals surface area contributed by atoms with Crippen molar-refractivity contribution in [3.8, 4) is 0 Å². The second kappa shape index (κ2) is 11.5. The monoisotopic (exact) mass is 341 g/mol. The van der Waals surface area contributed by atoms with Gasteiger partial charge in [-0.2, -0.15) is 0 Å². The molecule has 3 nitrogen and oxygen atoms in total. The Kier molecular flexibility index (Phi) is 13.2. The third-order valence-corrected chi connectivity index (χ3v) is 2.32. The largest absolute Gasteiger partial charge is 0.357 e. The summed E-state index contributed by atoms with van der Waals surface area (Å²) in [5, 5.41) is 6.64. The Labute approximate surface area is 118 Å². The van der Waals surface area contributed by atoms with E-state index in [1.165, 1.54) is 0 Å². The molecule has 0 aliphatic carbocycles. The van der Waals surface area contributed by atoms with Crippen LogP contribution in [0.5, 0.6) is 0 Å². The van der Waals surface area contributed by atoms with E-state index in [1.807, 2.05) is 0 Å². The first kappa shape index (κ1) is 18.4. The summed E-state index contributed by atoms with van der Waals surface area (Å²) in [6, 6.07) is 0.488. The molecule has 0 radical (unpaired) electrons. The molecule has 1 atom stereocenters. The topological polar surface area (TPSA) is 36.4 Å². The Hall–Kier alpha value is 0. The average molecular weight is 341 g/mol. The first-order valence-electron chi connectivity index (χ1n) is 6.14. The molecule has 98 valence electrons. The molecule has 0 bridgehead atoms. The van der Waals surface area contributed by atoms with Gasteiger partial charge in [-0.05, 0) is 32.6 Å². The highest BCUT2D eigenvalue weighted by atomic mass is 127. The number of halogens is 1. The van der Waals surface area contributed by atoms with Crippen LogP contribution in [0.2, 0.25) is 0 Å². The van der Waals surface area contributed by atoms with Gasteiger partial charge in [-0.25, -0.2) is 0 Å². The van der Waals surface area contributed by atoms with Crippen LogP contribution in [0, 0.1) is 5.92 Å². The highest BCUT2D eigenvalue weighted by molar-refractivity contribution is 14.0. The number of nitrogens with one attached hydrogen (secondary N) is 2. The molecule has 0 heterocycles. The van der Waals surface area contributed by atoms with E-state index < -0.39 is 0 Å². The molecule has 0 aromatic rings. The summed E-state index contributed by atoms with van der Waals surface area (Å²) in [5.41, 5.74) is 0. The van der Waals surface area contributed by atoms with Gasteiger partial charge in [0.2, 0.25) is 0 Å². The maximum absolute atomic E-state index is 4.54. The molecule has 0 aliphatic heterocycles. The lowest BCUT2D eigenvalue weighted by Gasteiger charge is -2.16. The van der Waals surface area contributed by atoms with Crippen molar-refractivity contribution in [3.05, 3.63) is 0 Å². The molecule has 0 fully saturated rings. The summed E-state index contributed by atoms with van der Waals surface area (Å²) in [6.45, 7) is 12.7. The van der Waals surface area contributed by atoms with Crippen LogP contribution < -0.4 is 10.6 Å². The van der Waals surface area contributed by atoms with Crippen LogP contribution in [0.4, 0.5) is 0 Å². The molecular formula is C12H28IN3. The van der Waals surface area contributed by atoms with Gasteiger partial charge in [0, 0.05) is 19.1 Å². The van der Waals surface area contributed by atoms with Crippen molar-refractivity contribution >= 4 is 29.9 Å². The fourth-order valence-corrected chi connectivity index (χ4v) is 1.09. The summed E-state index contributed by atoms with van der Waals surface area (Å²) < 4.78 is 0. The molecule has 16 heavy (non-hydrogen) atoms. The van der Waals surface area contributed by atoms with Gasteiger partial charge in [0.15, 0.2) is 5.96 Å². The van der Waals surface area contributed by atoms with E-state index in [4.69, 9.17) is 0 Å². The smallest absolute Gasteiger partial charge is 0.191 e. The van der Waals surface area contributed by atoms with Crippen molar-refractivity contribution in [2.75, 3.05) is 13.1 Å². The normalized spacial score (nSPS) is 13.2. The number of guanidine groups is 1. The number of hydrogen-bond donors (Lipinski definition) is 2. The van der Waals surface area contributed by atoms with Crippen LogP contribution >= 0.6 is 24.0 Å². The molecule has 0 aliphatic rings. The number of aliphatic imine (C=N–C) groups is 1. The summed E-state index contributed by atoms with van der Waals surface area (Å²) >= 11 is 0. The first-order valence-corrected chi connectivity index (χ1v) is 6.14. The van der Waals surface area contributed by atoms with Crippen molar-refractivity contribution in [2.24, 2.45) is 10.9 Å². The lowest BCUT2D eigenvalue weighted by atomic mass is 10.1. The highest BCUT2D eigenvalue weighted by Gasteiger charge is 2.01. The Balaban J connectivity index is 0. The zero-order valence-corrected chi connectivity index (χ0v) is 13.7. The van der Waals surface area contributed by atoms with Crippen LogP contribution in [-0.2, 0) is 0 Å². The van der Waals surface area contributed by atoms with Crippen molar-refractivity contribution in [1.82, 2.24) is 10.6 Å². The van der Waals surface area contributed by atoms with Gasteiger partial charge >= 0.3 is 0 Å². The van der Waals surface area contributed by atoms with E-state index in [-0.39, 0.29) is 24.0 Å². The molecular weight excluding hydrogens is 313 g/mol. The maximum atomic E-state index is 4.54. The average Bonchev–Trinajstić information content (AvgIpc) is 2.17. The Morgan fingerprint density at radius 2 is 1.81 bits per heavy atom. The van der Waals surface area contributed by atoms with Gasteiger partial charge < -0.3 is 10.6 Å². The van der Waals surface area contributed by atoms with E-state index in [0.29, 0.717) is 6.04 Å². The van der Waals surface area contributed by atoms with Crippen molar-refractivity contribution in [2.45, 2.75) is 53.5 Å². The van der Waals surface area contributed by atoms with Gasteiger partial charge in [-0.1, -0.05) is 20.8 Å². The quantitative estimate of drug-likeness (QED) is 0.443. The van der Waals surface area contributed by atoms with Crippen molar-refractivity contribution < 1.29 is 0 Å². The number of rotatable bonds is 6. The van der Waals surface area contributed by atoms with Gasteiger partial charge in [0.05, 0.1) is 0 Å². The molecule has 0 rings (SSSR count). The lowest BCUT2D eigenvalue weighted by Crippen LogP contribution is -2.42. The summed E-state index contributed by atoms with van der Waals surface area (Å²) in [7, 11) is 0. The van der Waals surface area contributed by atoms with Crippen LogP contribution in [0.15, 0.2) is 4.99 Å². The minimum absolute atomic E-state index is 0. The van der Waals surface area contributed by atoms with E-state index >= 15 is 0 Å². The van der Waals surface area contributed by atoms with E-state index in [2.05, 4.69) is 50.2 Å². The van der Waals surface area contributed by atoms with Crippen molar-refractivity contribution in [3.63, 3.8) is 0 Å². The van der Waals surface area contributed by atoms with Gasteiger partial charge in [0.25, 0.3) is 0 Å². The van der Waals surface area contributed by atoms with Crippen LogP contribution in [0.3, 0.4) is 0 Å². The minimum atomic E-state index is 0. The Bertz CT molecular complexity index is 181. The second-order valence-electron chi connectivity index (χ2n) is 4.40. The third-order valence-electron chi connectivity index (χ3n) is 2.32. The number of hydrogen-bond acceptors (Lipinski definition) is 1. The summed E-state index contributed by atoms with van der Waals surface area (Å²) in [4.78, 5) is 4.54.